The summed E-state index contributed by atoms with van der Waals surface area (Å²) in [6, 6.07) is 23.5. The van der Waals surface area contributed by atoms with Crippen LogP contribution in [0.2, 0.25) is 0 Å². The number of carbonyl (C=O) groups excluding carboxylic acids is 2. The van der Waals surface area contributed by atoms with Gasteiger partial charge in [-0.15, -0.1) is 11.8 Å². The van der Waals surface area contributed by atoms with Crippen LogP contribution in [0.25, 0.3) is 0 Å². The maximum atomic E-state index is 13.4. The van der Waals surface area contributed by atoms with Crippen LogP contribution in [-0.4, -0.2) is 17.1 Å². The van der Waals surface area contributed by atoms with E-state index in [1.54, 1.807) is 24.0 Å². The van der Waals surface area contributed by atoms with E-state index >= 15 is 0 Å². The van der Waals surface area contributed by atoms with Gasteiger partial charge < -0.3 is 10.2 Å². The number of benzene rings is 3. The number of nitrogens with zero attached hydrogens (tertiary/aromatic N) is 1. The van der Waals surface area contributed by atoms with Gasteiger partial charge in [0.2, 0.25) is 11.8 Å². The van der Waals surface area contributed by atoms with E-state index in [1.807, 2.05) is 54.6 Å². The summed E-state index contributed by atoms with van der Waals surface area (Å²) in [6.07, 6.45) is 0. The lowest BCUT2D eigenvalue weighted by Gasteiger charge is -2.35. The van der Waals surface area contributed by atoms with Crippen molar-refractivity contribution in [2.75, 3.05) is 4.90 Å². The molecule has 31 heavy (non-hydrogen) atoms. The first-order chi connectivity index (χ1) is 15.0. The fraction of sp³-hybridized carbons (Fsp3) is 0.200. The number of amides is 2. The second-order valence-corrected chi connectivity index (χ2v) is 8.73. The van der Waals surface area contributed by atoms with Crippen molar-refractivity contribution in [3.8, 4) is 0 Å². The van der Waals surface area contributed by atoms with Crippen molar-refractivity contribution in [3.05, 3.63) is 95.8 Å². The van der Waals surface area contributed by atoms with E-state index in [0.717, 1.165) is 21.7 Å². The van der Waals surface area contributed by atoms with Crippen molar-refractivity contribution in [3.63, 3.8) is 0 Å². The molecule has 1 heterocycles. The van der Waals surface area contributed by atoms with Gasteiger partial charge in [-0.1, -0.05) is 61.5 Å². The number of anilines is 1. The minimum absolute atomic E-state index is 0.115. The Morgan fingerprint density at radius 1 is 1.00 bits per heavy atom. The van der Waals surface area contributed by atoms with Gasteiger partial charge in [-0.3, -0.25) is 9.59 Å². The molecule has 1 aliphatic heterocycles. The second-order valence-electron chi connectivity index (χ2n) is 7.55. The molecule has 0 radical (unpaired) electrons. The summed E-state index contributed by atoms with van der Waals surface area (Å²) < 4.78 is 13.3. The molecule has 158 valence electrons. The van der Waals surface area contributed by atoms with Crippen LogP contribution in [0.5, 0.6) is 0 Å². The molecular formula is C25H23FN2O2S. The van der Waals surface area contributed by atoms with Crippen molar-refractivity contribution in [2.24, 2.45) is 5.92 Å². The number of nitrogens with one attached hydrogen (secondary N) is 1. The second kappa shape index (κ2) is 9.35. The Labute approximate surface area is 185 Å². The molecule has 3 aromatic carbocycles. The maximum Gasteiger partial charge on any atom is 0.241 e. The van der Waals surface area contributed by atoms with E-state index in [2.05, 4.69) is 5.32 Å². The van der Waals surface area contributed by atoms with Crippen LogP contribution in [0.15, 0.2) is 83.8 Å². The zero-order valence-corrected chi connectivity index (χ0v) is 17.9. The molecule has 0 saturated carbocycles. The van der Waals surface area contributed by atoms with Gasteiger partial charge in [0.25, 0.3) is 0 Å². The van der Waals surface area contributed by atoms with Crippen molar-refractivity contribution in [2.45, 2.75) is 30.2 Å². The van der Waals surface area contributed by atoms with Gasteiger partial charge >= 0.3 is 0 Å². The monoisotopic (exact) mass is 434 g/mol. The Morgan fingerprint density at radius 2 is 1.68 bits per heavy atom. The number of halogens is 1. The average molecular weight is 435 g/mol. The molecule has 2 atom stereocenters. The lowest BCUT2D eigenvalue weighted by atomic mass is 10.0. The predicted molar refractivity (Wildman–Crippen MR) is 121 cm³/mol. The summed E-state index contributed by atoms with van der Waals surface area (Å²) in [6.45, 7) is 2.54. The fourth-order valence-electron chi connectivity index (χ4n) is 3.57. The Bertz CT molecular complexity index is 1070. The Hall–Kier alpha value is -3.12. The highest BCUT2D eigenvalue weighted by Gasteiger charge is 2.39. The smallest absolute Gasteiger partial charge is 0.241 e. The van der Waals surface area contributed by atoms with E-state index in [-0.39, 0.29) is 17.6 Å². The Balaban J connectivity index is 1.53. The summed E-state index contributed by atoms with van der Waals surface area (Å²) in [5, 5.41) is 2.41. The highest BCUT2D eigenvalue weighted by atomic mass is 32.2. The van der Waals surface area contributed by atoms with Crippen molar-refractivity contribution in [1.29, 1.82) is 0 Å². The number of thioether (sulfide) groups is 1. The van der Waals surface area contributed by atoms with Crippen LogP contribution < -0.4 is 10.2 Å². The first kappa shape index (κ1) is 21.1. The van der Waals surface area contributed by atoms with E-state index in [4.69, 9.17) is 0 Å². The summed E-state index contributed by atoms with van der Waals surface area (Å²) in [5.41, 5.74) is 2.65. The van der Waals surface area contributed by atoms with E-state index in [9.17, 15) is 14.0 Å². The van der Waals surface area contributed by atoms with Gasteiger partial charge in [-0.2, -0.15) is 0 Å². The summed E-state index contributed by atoms with van der Waals surface area (Å²) in [5.74, 6) is -1.09. The topological polar surface area (TPSA) is 49.4 Å². The zero-order chi connectivity index (χ0) is 21.8. The number of fused-ring (bicyclic) bond motifs is 1. The van der Waals surface area contributed by atoms with Gasteiger partial charge in [0.05, 0.1) is 18.2 Å². The van der Waals surface area contributed by atoms with Gasteiger partial charge in [0.1, 0.15) is 11.1 Å². The van der Waals surface area contributed by atoms with Crippen LogP contribution in [0, 0.1) is 11.7 Å². The zero-order valence-electron chi connectivity index (χ0n) is 17.1. The van der Waals surface area contributed by atoms with E-state index < -0.39 is 11.2 Å². The van der Waals surface area contributed by atoms with Crippen molar-refractivity contribution >= 4 is 29.3 Å². The maximum absolute atomic E-state index is 13.4. The number of rotatable bonds is 6. The summed E-state index contributed by atoms with van der Waals surface area (Å²) >= 11 is 1.43. The Kier molecular flexibility index (Phi) is 6.37. The summed E-state index contributed by atoms with van der Waals surface area (Å²) in [4.78, 5) is 28.9. The molecule has 0 saturated heterocycles. The molecule has 3 aromatic rings. The molecule has 0 aromatic heterocycles. The SMILES string of the molecule is CC(C(=O)NCc1ccccc1)C1Sc2ccccc2N(Cc2ccc(F)cc2)C1=O. The lowest BCUT2D eigenvalue weighted by molar-refractivity contribution is -0.128. The van der Waals surface area contributed by atoms with Gasteiger partial charge in [-0.25, -0.2) is 4.39 Å². The number of para-hydroxylation sites is 1. The third kappa shape index (κ3) is 4.80. The number of hydrogen-bond acceptors (Lipinski definition) is 3. The van der Waals surface area contributed by atoms with Gasteiger partial charge in [-0.05, 0) is 35.4 Å². The van der Waals surface area contributed by atoms with Crippen molar-refractivity contribution in [1.82, 2.24) is 5.32 Å². The molecule has 2 amide bonds. The van der Waals surface area contributed by atoms with Gasteiger partial charge in [0, 0.05) is 11.4 Å². The molecule has 2 unspecified atom stereocenters. The van der Waals surface area contributed by atoms with Gasteiger partial charge in [0.15, 0.2) is 0 Å². The minimum Gasteiger partial charge on any atom is -0.352 e. The van der Waals surface area contributed by atoms with E-state index in [1.165, 1.54) is 23.9 Å². The molecule has 0 bridgehead atoms. The highest BCUT2D eigenvalue weighted by Crippen LogP contribution is 2.42. The Morgan fingerprint density at radius 3 is 2.42 bits per heavy atom. The largest absolute Gasteiger partial charge is 0.352 e. The normalized spacial score (nSPS) is 16.5. The molecule has 0 aliphatic carbocycles. The quantitative estimate of drug-likeness (QED) is 0.607. The minimum atomic E-state index is -0.536. The van der Waals surface area contributed by atoms with Crippen LogP contribution in [0.3, 0.4) is 0 Å². The standard InChI is InChI=1S/C25H23FN2O2S/c1-17(24(29)27-15-18-7-3-2-4-8-18)23-25(30)28(16-19-11-13-20(26)14-12-19)21-9-5-6-10-22(21)31-23/h2-14,17,23H,15-16H2,1H3,(H,27,29). The van der Waals surface area contributed by atoms with Crippen LogP contribution in [0.4, 0.5) is 10.1 Å². The molecule has 1 N–H and O–H groups in total. The third-order valence-corrected chi connectivity index (χ3v) is 6.81. The number of hydrogen-bond donors (Lipinski definition) is 1. The molecule has 0 fully saturated rings. The molecule has 4 nitrogen and oxygen atoms in total. The first-order valence-electron chi connectivity index (χ1n) is 10.2. The molecule has 0 spiro atoms. The number of carbonyl (C=O) groups is 2. The van der Waals surface area contributed by atoms with Crippen LogP contribution >= 0.6 is 11.8 Å². The molecule has 1 aliphatic rings. The van der Waals surface area contributed by atoms with Crippen molar-refractivity contribution < 1.29 is 14.0 Å². The lowest BCUT2D eigenvalue weighted by Crippen LogP contribution is -2.47. The van der Waals surface area contributed by atoms with Crippen LogP contribution in [0.1, 0.15) is 18.1 Å². The highest BCUT2D eigenvalue weighted by molar-refractivity contribution is 8.01. The first-order valence-corrected chi connectivity index (χ1v) is 11.0. The van der Waals surface area contributed by atoms with Crippen LogP contribution in [-0.2, 0) is 22.7 Å². The summed E-state index contributed by atoms with van der Waals surface area (Å²) in [7, 11) is 0. The fourth-order valence-corrected chi connectivity index (χ4v) is 4.86. The predicted octanol–water partition coefficient (Wildman–Crippen LogP) is 4.79. The third-order valence-electron chi connectivity index (χ3n) is 5.35. The molecule has 6 heteroatoms. The van der Waals surface area contributed by atoms with E-state index in [0.29, 0.717) is 13.1 Å². The average Bonchev–Trinajstić information content (AvgIpc) is 2.80. The molecule has 4 rings (SSSR count). The molecular weight excluding hydrogens is 411 g/mol.